The number of anilines is 2. The van der Waals surface area contributed by atoms with Crippen LogP contribution in [0.1, 0.15) is 10.5 Å². The van der Waals surface area contributed by atoms with Gasteiger partial charge in [-0.05, 0) is 12.1 Å². The number of hydrogen-bond acceptors (Lipinski definition) is 7. The molecule has 2 heterocycles. The zero-order valence-corrected chi connectivity index (χ0v) is 13.3. The number of pyridine rings is 1. The molecule has 0 atom stereocenters. The van der Waals surface area contributed by atoms with E-state index in [2.05, 4.69) is 25.9 Å². The Morgan fingerprint density at radius 1 is 1.45 bits per heavy atom. The summed E-state index contributed by atoms with van der Waals surface area (Å²) < 4.78 is 10.6. The monoisotopic (exact) mass is 357 g/mol. The van der Waals surface area contributed by atoms with Gasteiger partial charge in [-0.15, -0.1) is 11.3 Å². The van der Waals surface area contributed by atoms with Gasteiger partial charge in [0.05, 0.1) is 7.11 Å². The van der Waals surface area contributed by atoms with Crippen LogP contribution in [0.4, 0.5) is 10.9 Å². The van der Waals surface area contributed by atoms with Crippen LogP contribution in [0.3, 0.4) is 0 Å². The highest BCUT2D eigenvalue weighted by Crippen LogP contribution is 2.28. The molecule has 2 rings (SSSR count). The molecule has 0 spiro atoms. The summed E-state index contributed by atoms with van der Waals surface area (Å²) in [7, 11) is 2.90. The van der Waals surface area contributed by atoms with Crippen molar-refractivity contribution in [3.63, 3.8) is 0 Å². The number of esters is 1. The van der Waals surface area contributed by atoms with Gasteiger partial charge in [-0.3, -0.25) is 4.90 Å². The summed E-state index contributed by atoms with van der Waals surface area (Å²) >= 11 is 4.82. The van der Waals surface area contributed by atoms with Gasteiger partial charge < -0.3 is 9.47 Å². The van der Waals surface area contributed by atoms with Crippen LogP contribution in [0.2, 0.25) is 0 Å². The maximum absolute atomic E-state index is 11.6. The largest absolute Gasteiger partial charge is 0.464 e. The second-order valence-electron chi connectivity index (χ2n) is 3.68. The summed E-state index contributed by atoms with van der Waals surface area (Å²) in [6.07, 6.45) is 1.70. The van der Waals surface area contributed by atoms with E-state index in [1.807, 2.05) is 5.38 Å². The number of rotatable bonds is 5. The minimum absolute atomic E-state index is 0.217. The average Bonchev–Trinajstić information content (AvgIpc) is 2.97. The Morgan fingerprint density at radius 2 is 2.25 bits per heavy atom. The first-order chi connectivity index (χ1) is 9.65. The fourth-order valence-corrected chi connectivity index (χ4v) is 2.59. The van der Waals surface area contributed by atoms with Gasteiger partial charge in [-0.1, -0.05) is 15.9 Å². The number of thiazole rings is 1. The van der Waals surface area contributed by atoms with Gasteiger partial charge in [0.15, 0.2) is 10.8 Å². The predicted molar refractivity (Wildman–Crippen MR) is 79.4 cm³/mol. The SMILES string of the molecule is COCN(c1cc(Br)cc(C(=O)OC)n1)c1nccs1. The van der Waals surface area contributed by atoms with Crippen LogP contribution in [0.15, 0.2) is 28.2 Å². The molecule has 106 valence electrons. The van der Waals surface area contributed by atoms with Crippen molar-refractivity contribution in [2.45, 2.75) is 0 Å². The average molecular weight is 358 g/mol. The van der Waals surface area contributed by atoms with E-state index >= 15 is 0 Å². The van der Waals surface area contributed by atoms with Crippen molar-refractivity contribution in [1.29, 1.82) is 0 Å². The molecule has 20 heavy (non-hydrogen) atoms. The maximum Gasteiger partial charge on any atom is 0.356 e. The third-order valence-electron chi connectivity index (χ3n) is 2.36. The normalized spacial score (nSPS) is 10.3. The minimum atomic E-state index is -0.496. The first-order valence-corrected chi connectivity index (χ1v) is 7.25. The molecule has 0 amide bonds. The Hall–Kier alpha value is -1.51. The van der Waals surface area contributed by atoms with Crippen LogP contribution in [0.25, 0.3) is 0 Å². The van der Waals surface area contributed by atoms with E-state index in [0.29, 0.717) is 5.82 Å². The highest BCUT2D eigenvalue weighted by atomic mass is 79.9. The molecule has 0 aliphatic carbocycles. The lowest BCUT2D eigenvalue weighted by Gasteiger charge is -2.20. The van der Waals surface area contributed by atoms with Crippen LogP contribution in [-0.2, 0) is 9.47 Å². The summed E-state index contributed by atoms with van der Waals surface area (Å²) in [6, 6.07) is 3.38. The molecule has 8 heteroatoms. The molecule has 0 radical (unpaired) electrons. The van der Waals surface area contributed by atoms with Crippen molar-refractivity contribution in [2.24, 2.45) is 0 Å². The molecule has 0 aliphatic heterocycles. The van der Waals surface area contributed by atoms with Crippen molar-refractivity contribution in [3.05, 3.63) is 33.9 Å². The zero-order valence-electron chi connectivity index (χ0n) is 10.9. The lowest BCUT2D eigenvalue weighted by molar-refractivity contribution is 0.0594. The van der Waals surface area contributed by atoms with Crippen LogP contribution in [-0.4, -0.2) is 36.9 Å². The Kier molecular flexibility index (Phi) is 5.05. The zero-order chi connectivity index (χ0) is 14.5. The van der Waals surface area contributed by atoms with Gasteiger partial charge in [0.2, 0.25) is 0 Å². The molecule has 0 unspecified atom stereocenters. The molecular weight excluding hydrogens is 346 g/mol. The van der Waals surface area contributed by atoms with E-state index in [1.165, 1.54) is 18.4 Å². The molecule has 0 fully saturated rings. The smallest absolute Gasteiger partial charge is 0.356 e. The minimum Gasteiger partial charge on any atom is -0.464 e. The Labute approximate surface area is 128 Å². The number of nitrogens with zero attached hydrogens (tertiary/aromatic N) is 3. The molecule has 2 aromatic rings. The van der Waals surface area contributed by atoms with Gasteiger partial charge in [0, 0.05) is 23.2 Å². The van der Waals surface area contributed by atoms with E-state index in [-0.39, 0.29) is 12.4 Å². The Bertz CT molecular complexity index is 592. The second kappa shape index (κ2) is 6.78. The van der Waals surface area contributed by atoms with Crippen molar-refractivity contribution in [3.8, 4) is 0 Å². The summed E-state index contributed by atoms with van der Waals surface area (Å²) in [5.74, 6) is 0.0561. The molecule has 0 saturated heterocycles. The maximum atomic E-state index is 11.6. The van der Waals surface area contributed by atoms with Crippen LogP contribution in [0, 0.1) is 0 Å². The van der Waals surface area contributed by atoms with Crippen LogP contribution in [0.5, 0.6) is 0 Å². The summed E-state index contributed by atoms with van der Waals surface area (Å²) in [6.45, 7) is 0.275. The molecule has 0 N–H and O–H groups in total. The quantitative estimate of drug-likeness (QED) is 0.605. The highest BCUT2D eigenvalue weighted by molar-refractivity contribution is 9.10. The second-order valence-corrected chi connectivity index (χ2v) is 5.47. The van der Waals surface area contributed by atoms with E-state index in [1.54, 1.807) is 30.3 Å². The third kappa shape index (κ3) is 3.33. The van der Waals surface area contributed by atoms with Crippen molar-refractivity contribution in [2.75, 3.05) is 25.9 Å². The number of carbonyl (C=O) groups excluding carboxylic acids is 1. The van der Waals surface area contributed by atoms with E-state index in [4.69, 9.17) is 9.47 Å². The van der Waals surface area contributed by atoms with Gasteiger partial charge in [0.1, 0.15) is 12.5 Å². The molecule has 0 aromatic carbocycles. The molecule has 0 aliphatic rings. The van der Waals surface area contributed by atoms with E-state index < -0.39 is 5.97 Å². The van der Waals surface area contributed by atoms with Crippen LogP contribution < -0.4 is 4.90 Å². The number of hydrogen-bond donors (Lipinski definition) is 0. The van der Waals surface area contributed by atoms with Gasteiger partial charge in [0.25, 0.3) is 0 Å². The molecule has 6 nitrogen and oxygen atoms in total. The summed E-state index contributed by atoms with van der Waals surface area (Å²) in [4.78, 5) is 21.9. The standard InChI is InChI=1S/C12H12BrN3O3S/c1-18-7-16(12-14-3-4-20-12)10-6-8(13)5-9(15-10)11(17)19-2/h3-6H,7H2,1-2H3. The fraction of sp³-hybridized carbons (Fsp3) is 0.250. The number of halogens is 1. The van der Waals surface area contributed by atoms with Crippen molar-refractivity contribution >= 4 is 44.2 Å². The van der Waals surface area contributed by atoms with Crippen molar-refractivity contribution in [1.82, 2.24) is 9.97 Å². The van der Waals surface area contributed by atoms with E-state index in [0.717, 1.165) is 9.60 Å². The first kappa shape index (κ1) is 14.9. The molecule has 0 saturated carbocycles. The summed E-state index contributed by atoms with van der Waals surface area (Å²) in [5.41, 5.74) is 0.217. The third-order valence-corrected chi connectivity index (χ3v) is 3.61. The Morgan fingerprint density at radius 3 is 2.85 bits per heavy atom. The number of carbonyl (C=O) groups is 1. The number of ether oxygens (including phenoxy) is 2. The molecule has 0 bridgehead atoms. The number of methoxy groups -OCH3 is 2. The lowest BCUT2D eigenvalue weighted by Crippen LogP contribution is -2.21. The first-order valence-electron chi connectivity index (χ1n) is 5.57. The van der Waals surface area contributed by atoms with Gasteiger partial charge in [-0.2, -0.15) is 0 Å². The van der Waals surface area contributed by atoms with Gasteiger partial charge in [-0.25, -0.2) is 14.8 Å². The predicted octanol–water partition coefficient (Wildman–Crippen LogP) is 2.83. The highest BCUT2D eigenvalue weighted by Gasteiger charge is 2.17. The molecule has 2 aromatic heterocycles. The topological polar surface area (TPSA) is 64.5 Å². The van der Waals surface area contributed by atoms with E-state index in [9.17, 15) is 4.79 Å². The van der Waals surface area contributed by atoms with Gasteiger partial charge >= 0.3 is 5.97 Å². The fourth-order valence-electron chi connectivity index (χ4n) is 1.53. The molecular formula is C12H12BrN3O3S. The van der Waals surface area contributed by atoms with Crippen LogP contribution >= 0.6 is 27.3 Å². The Balaban J connectivity index is 2.43. The number of aromatic nitrogens is 2. The van der Waals surface area contributed by atoms with Crippen molar-refractivity contribution < 1.29 is 14.3 Å². The lowest BCUT2D eigenvalue weighted by atomic mass is 10.3. The summed E-state index contributed by atoms with van der Waals surface area (Å²) in [5, 5.41) is 2.59.